The van der Waals surface area contributed by atoms with Crippen molar-refractivity contribution in [1.29, 1.82) is 0 Å². The van der Waals surface area contributed by atoms with Gasteiger partial charge in [-0.25, -0.2) is 0 Å². The van der Waals surface area contributed by atoms with Crippen LogP contribution in [-0.4, -0.2) is 49.9 Å². The molecule has 29 heavy (non-hydrogen) atoms. The summed E-state index contributed by atoms with van der Waals surface area (Å²) in [5.41, 5.74) is 3.42. The fourth-order valence-electron chi connectivity index (χ4n) is 3.53. The van der Waals surface area contributed by atoms with Gasteiger partial charge in [-0.2, -0.15) is 15.4 Å². The summed E-state index contributed by atoms with van der Waals surface area (Å²) < 4.78 is 5.12. The summed E-state index contributed by atoms with van der Waals surface area (Å²) in [5.74, 6) is 0.270. The quantitative estimate of drug-likeness (QED) is 0.656. The van der Waals surface area contributed by atoms with Crippen LogP contribution < -0.4 is 5.32 Å². The molecule has 1 atom stereocenters. The Hall–Kier alpha value is -3.49. The maximum atomic E-state index is 12.7. The Labute approximate surface area is 167 Å². The van der Waals surface area contributed by atoms with Crippen LogP contribution in [0.2, 0.25) is 0 Å². The zero-order valence-electron chi connectivity index (χ0n) is 16.1. The molecule has 3 aromatic rings. The summed E-state index contributed by atoms with van der Waals surface area (Å²) in [4.78, 5) is 26.9. The van der Waals surface area contributed by atoms with Gasteiger partial charge in [0, 0.05) is 24.7 Å². The molecule has 3 heterocycles. The number of aromatic nitrogens is 4. The molecule has 0 bridgehead atoms. The number of carbonyl (C=O) groups excluding carboxylic acids is 2. The van der Waals surface area contributed by atoms with Crippen LogP contribution in [0, 0.1) is 6.92 Å². The summed E-state index contributed by atoms with van der Waals surface area (Å²) in [6.07, 6.45) is 3.25. The molecular formula is C20H22N6O3. The molecule has 0 radical (unpaired) electrons. The van der Waals surface area contributed by atoms with Crippen LogP contribution in [-0.2, 0) is 22.6 Å². The van der Waals surface area contributed by atoms with Crippen LogP contribution in [0.25, 0.3) is 11.3 Å². The predicted molar refractivity (Wildman–Crippen MR) is 103 cm³/mol. The lowest BCUT2D eigenvalue weighted by molar-refractivity contribution is -0.138. The largest absolute Gasteiger partial charge is 0.361 e. The van der Waals surface area contributed by atoms with E-state index in [-0.39, 0.29) is 18.2 Å². The van der Waals surface area contributed by atoms with Crippen molar-refractivity contribution in [1.82, 2.24) is 30.8 Å². The lowest BCUT2D eigenvalue weighted by atomic mass is 10.1. The lowest BCUT2D eigenvalue weighted by Gasteiger charge is -2.23. The topological polar surface area (TPSA) is 117 Å². The van der Waals surface area contributed by atoms with Gasteiger partial charge in [0.15, 0.2) is 0 Å². The van der Waals surface area contributed by atoms with Gasteiger partial charge in [0.05, 0.1) is 18.3 Å². The van der Waals surface area contributed by atoms with Gasteiger partial charge in [0.2, 0.25) is 11.8 Å². The van der Waals surface area contributed by atoms with Crippen LogP contribution in [0.15, 0.2) is 41.1 Å². The average molecular weight is 394 g/mol. The van der Waals surface area contributed by atoms with E-state index in [1.54, 1.807) is 17.2 Å². The van der Waals surface area contributed by atoms with Crippen molar-refractivity contribution >= 4 is 11.8 Å². The smallest absolute Gasteiger partial charge is 0.243 e. The van der Waals surface area contributed by atoms with E-state index in [0.29, 0.717) is 25.3 Å². The van der Waals surface area contributed by atoms with E-state index in [2.05, 4.69) is 25.9 Å². The molecule has 0 aliphatic carbocycles. The molecule has 9 nitrogen and oxygen atoms in total. The van der Waals surface area contributed by atoms with Crippen LogP contribution in [0.1, 0.15) is 29.9 Å². The van der Waals surface area contributed by atoms with Gasteiger partial charge in [-0.1, -0.05) is 29.4 Å². The molecule has 2 amide bonds. The Morgan fingerprint density at radius 2 is 2.14 bits per heavy atom. The number of aromatic amines is 1. The Kier molecular flexibility index (Phi) is 5.37. The van der Waals surface area contributed by atoms with Crippen LogP contribution in [0.5, 0.6) is 0 Å². The highest BCUT2D eigenvalue weighted by Gasteiger charge is 2.34. The van der Waals surface area contributed by atoms with Crippen LogP contribution in [0.3, 0.4) is 0 Å². The highest BCUT2D eigenvalue weighted by molar-refractivity contribution is 5.88. The van der Waals surface area contributed by atoms with Crippen molar-refractivity contribution in [3.05, 3.63) is 53.5 Å². The first-order chi connectivity index (χ1) is 14.1. The number of H-pyrrole nitrogens is 1. The molecule has 1 aliphatic rings. The van der Waals surface area contributed by atoms with Crippen molar-refractivity contribution < 1.29 is 14.1 Å². The highest BCUT2D eigenvalue weighted by Crippen LogP contribution is 2.20. The number of amides is 2. The van der Waals surface area contributed by atoms with Gasteiger partial charge >= 0.3 is 0 Å². The van der Waals surface area contributed by atoms with Gasteiger partial charge in [0.25, 0.3) is 0 Å². The first-order valence-electron chi connectivity index (χ1n) is 9.54. The van der Waals surface area contributed by atoms with Crippen molar-refractivity contribution in [2.45, 2.75) is 38.8 Å². The van der Waals surface area contributed by atoms with Gasteiger partial charge in [-0.3, -0.25) is 9.59 Å². The van der Waals surface area contributed by atoms with E-state index in [1.165, 1.54) is 0 Å². The number of hydrogen-bond donors (Lipinski definition) is 2. The number of nitrogens with zero attached hydrogens (tertiary/aromatic N) is 4. The monoisotopic (exact) mass is 394 g/mol. The Morgan fingerprint density at radius 1 is 1.31 bits per heavy atom. The minimum atomic E-state index is -0.444. The van der Waals surface area contributed by atoms with Gasteiger partial charge in [-0.15, -0.1) is 0 Å². The molecule has 9 heteroatoms. The minimum absolute atomic E-state index is 0.115. The second-order valence-corrected chi connectivity index (χ2v) is 7.13. The van der Waals surface area contributed by atoms with Gasteiger partial charge in [-0.05, 0) is 25.3 Å². The second-order valence-electron chi connectivity index (χ2n) is 7.13. The summed E-state index contributed by atoms with van der Waals surface area (Å²) in [6.45, 7) is 2.79. The van der Waals surface area contributed by atoms with Crippen molar-refractivity contribution in [2.75, 3.05) is 6.54 Å². The number of carbonyl (C=O) groups is 2. The molecule has 0 saturated carbocycles. The maximum absolute atomic E-state index is 12.7. The first kappa shape index (κ1) is 18.9. The van der Waals surface area contributed by atoms with E-state index >= 15 is 0 Å². The molecule has 1 aliphatic heterocycles. The first-order valence-corrected chi connectivity index (χ1v) is 9.54. The van der Waals surface area contributed by atoms with E-state index in [1.807, 2.05) is 31.2 Å². The molecule has 0 spiro atoms. The van der Waals surface area contributed by atoms with Gasteiger partial charge < -0.3 is 14.7 Å². The third kappa shape index (κ3) is 4.34. The molecular weight excluding hydrogens is 372 g/mol. The van der Waals surface area contributed by atoms with Crippen molar-refractivity contribution in [3.8, 4) is 11.3 Å². The van der Waals surface area contributed by atoms with E-state index < -0.39 is 6.04 Å². The minimum Gasteiger partial charge on any atom is -0.361 e. The summed E-state index contributed by atoms with van der Waals surface area (Å²) >= 11 is 0. The number of likely N-dealkylation sites (tertiary alicyclic amines) is 1. The zero-order valence-corrected chi connectivity index (χ0v) is 16.1. The van der Waals surface area contributed by atoms with E-state index in [9.17, 15) is 9.59 Å². The Bertz CT molecular complexity index is 980. The molecule has 1 fully saturated rings. The van der Waals surface area contributed by atoms with E-state index in [4.69, 9.17) is 4.52 Å². The molecule has 1 saturated heterocycles. The number of benzene rings is 1. The maximum Gasteiger partial charge on any atom is 0.243 e. The highest BCUT2D eigenvalue weighted by atomic mass is 16.5. The normalized spacial score (nSPS) is 16.2. The standard InChI is InChI=1S/C20H22N6O3/c1-13-9-16(29-24-13)10-19(27)26-8-2-3-18(26)20(28)21-11-14-4-6-15(7-5-14)17-12-22-25-23-17/h4-7,9,12,18H,2-3,8,10-11H2,1H3,(H,21,28)(H,22,23,25)/t18-/m0/s1. The Balaban J connectivity index is 1.33. The zero-order chi connectivity index (χ0) is 20.2. The van der Waals surface area contributed by atoms with Crippen LogP contribution in [0.4, 0.5) is 0 Å². The SMILES string of the molecule is Cc1cc(CC(=O)N2CCC[C@H]2C(=O)NCc2ccc(-c3cn[nH]n3)cc2)on1. The summed E-state index contributed by atoms with van der Waals surface area (Å²) in [7, 11) is 0. The third-order valence-corrected chi connectivity index (χ3v) is 5.01. The van der Waals surface area contributed by atoms with Crippen LogP contribution >= 0.6 is 0 Å². The fourth-order valence-corrected chi connectivity index (χ4v) is 3.53. The third-order valence-electron chi connectivity index (χ3n) is 5.01. The summed E-state index contributed by atoms with van der Waals surface area (Å²) in [6, 6.07) is 9.04. The number of aryl methyl sites for hydroxylation is 1. The second kappa shape index (κ2) is 8.26. The summed E-state index contributed by atoms with van der Waals surface area (Å²) in [5, 5.41) is 17.2. The fraction of sp³-hybridized carbons (Fsp3) is 0.350. The molecule has 150 valence electrons. The number of hydrogen-bond acceptors (Lipinski definition) is 6. The molecule has 1 aromatic carbocycles. The van der Waals surface area contributed by atoms with E-state index in [0.717, 1.165) is 28.9 Å². The van der Waals surface area contributed by atoms with Crippen molar-refractivity contribution in [2.24, 2.45) is 0 Å². The number of rotatable bonds is 6. The average Bonchev–Trinajstić information content (AvgIpc) is 3.48. The molecule has 2 aromatic heterocycles. The lowest BCUT2D eigenvalue weighted by Crippen LogP contribution is -2.46. The molecule has 4 rings (SSSR count). The number of nitrogens with one attached hydrogen (secondary N) is 2. The molecule has 0 unspecified atom stereocenters. The Morgan fingerprint density at radius 3 is 2.83 bits per heavy atom. The van der Waals surface area contributed by atoms with Gasteiger partial charge in [0.1, 0.15) is 17.5 Å². The predicted octanol–water partition coefficient (Wildman–Crippen LogP) is 1.62. The van der Waals surface area contributed by atoms with Crippen molar-refractivity contribution in [3.63, 3.8) is 0 Å². The molecule has 2 N–H and O–H groups in total.